The molecule has 0 bridgehead atoms. The highest BCUT2D eigenvalue weighted by molar-refractivity contribution is 6.11. The van der Waals surface area contributed by atoms with Crippen LogP contribution in [0.15, 0.2) is 121 Å². The van der Waals surface area contributed by atoms with E-state index in [1.165, 1.54) is 16.8 Å². The molecule has 1 amide bonds. The fourth-order valence-electron chi connectivity index (χ4n) is 6.48. The van der Waals surface area contributed by atoms with E-state index in [-0.39, 0.29) is 5.91 Å². The third-order valence-electron chi connectivity index (χ3n) is 9.44. The maximum absolute atomic E-state index is 13.7. The lowest BCUT2D eigenvalue weighted by Crippen LogP contribution is -2.47. The molecule has 0 radical (unpaired) electrons. The highest BCUT2D eigenvalue weighted by Gasteiger charge is 2.22. The fourth-order valence-corrected chi connectivity index (χ4v) is 6.48. The highest BCUT2D eigenvalue weighted by Crippen LogP contribution is 2.31. The molecule has 0 spiro atoms. The Balaban J connectivity index is 0.949. The number of carbonyl (C=O) groups excluding carboxylic acids is 1. The van der Waals surface area contributed by atoms with Crippen LogP contribution in [0.1, 0.15) is 35.3 Å². The summed E-state index contributed by atoms with van der Waals surface area (Å²) < 4.78 is 6.18. The van der Waals surface area contributed by atoms with E-state index in [4.69, 9.17) is 9.72 Å². The van der Waals surface area contributed by atoms with Gasteiger partial charge in [-0.3, -0.25) is 14.6 Å². The van der Waals surface area contributed by atoms with Gasteiger partial charge in [-0.15, -0.1) is 0 Å². The molecule has 7 rings (SSSR count). The van der Waals surface area contributed by atoms with Gasteiger partial charge >= 0.3 is 0 Å². The standard InChI is InChI=1S/C42H43N5O2/c1-3-31-13-17-33(18-14-31)41-43-38-11-8-12-39(40(38)44-41)46-27-25-45(26-28-46)29-30-49-37-23-21-36(22-24-37)47(35-9-6-5-7-10-35)42(48)34-19-15-32(4-2)16-20-34/h5-24H,3-4,25-30H2,1-2H3,(H,43,44). The molecule has 7 heteroatoms. The number of nitrogens with zero attached hydrogens (tertiary/aromatic N) is 4. The van der Waals surface area contributed by atoms with Gasteiger partial charge in [0, 0.05) is 55.2 Å². The summed E-state index contributed by atoms with van der Waals surface area (Å²) in [7, 11) is 0. The first kappa shape index (κ1) is 32.2. The second-order valence-corrected chi connectivity index (χ2v) is 12.5. The lowest BCUT2D eigenvalue weighted by Gasteiger charge is -2.36. The molecule has 1 aliphatic heterocycles. The van der Waals surface area contributed by atoms with Crippen molar-refractivity contribution < 1.29 is 9.53 Å². The number of rotatable bonds is 11. The Labute approximate surface area is 288 Å². The summed E-state index contributed by atoms with van der Waals surface area (Å²) >= 11 is 0. The van der Waals surface area contributed by atoms with E-state index in [9.17, 15) is 4.79 Å². The van der Waals surface area contributed by atoms with Crippen LogP contribution in [-0.2, 0) is 12.8 Å². The van der Waals surface area contributed by atoms with Crippen molar-refractivity contribution in [3.05, 3.63) is 138 Å². The van der Waals surface area contributed by atoms with Gasteiger partial charge in [-0.1, -0.05) is 74.5 Å². The molecule has 0 aliphatic carbocycles. The van der Waals surface area contributed by atoms with E-state index in [1.54, 1.807) is 4.90 Å². The molecular weight excluding hydrogens is 606 g/mol. The Bertz CT molecular complexity index is 1980. The van der Waals surface area contributed by atoms with Crippen LogP contribution in [-0.4, -0.2) is 60.1 Å². The topological polar surface area (TPSA) is 64.7 Å². The minimum absolute atomic E-state index is 0.0627. The zero-order valence-corrected chi connectivity index (χ0v) is 28.3. The Hall–Kier alpha value is -5.40. The number of aromatic nitrogens is 2. The van der Waals surface area contributed by atoms with Crippen LogP contribution in [0.2, 0.25) is 0 Å². The van der Waals surface area contributed by atoms with Gasteiger partial charge in [-0.25, -0.2) is 4.98 Å². The van der Waals surface area contributed by atoms with E-state index in [0.29, 0.717) is 12.2 Å². The van der Waals surface area contributed by atoms with E-state index in [2.05, 4.69) is 71.1 Å². The van der Waals surface area contributed by atoms with E-state index in [1.807, 2.05) is 78.9 Å². The number of para-hydroxylation sites is 2. The second kappa shape index (κ2) is 14.8. The number of piperazine rings is 1. The van der Waals surface area contributed by atoms with Crippen LogP contribution < -0.4 is 14.5 Å². The first-order chi connectivity index (χ1) is 24.1. The monoisotopic (exact) mass is 649 g/mol. The van der Waals surface area contributed by atoms with Crippen molar-refractivity contribution in [2.45, 2.75) is 26.7 Å². The van der Waals surface area contributed by atoms with Gasteiger partial charge in [-0.05, 0) is 84.6 Å². The molecule has 0 saturated carbocycles. The first-order valence-corrected chi connectivity index (χ1v) is 17.4. The molecule has 1 N–H and O–H groups in total. The molecule has 1 saturated heterocycles. The molecule has 248 valence electrons. The molecule has 2 heterocycles. The van der Waals surface area contributed by atoms with Crippen molar-refractivity contribution in [1.82, 2.24) is 14.9 Å². The predicted molar refractivity (Wildman–Crippen MR) is 200 cm³/mol. The molecule has 5 aromatic carbocycles. The van der Waals surface area contributed by atoms with Crippen LogP contribution in [0.25, 0.3) is 22.4 Å². The number of imidazole rings is 1. The molecule has 1 aliphatic rings. The lowest BCUT2D eigenvalue weighted by atomic mass is 10.1. The smallest absolute Gasteiger partial charge is 0.262 e. The number of hydrogen-bond donors (Lipinski definition) is 1. The van der Waals surface area contributed by atoms with E-state index >= 15 is 0 Å². The van der Waals surface area contributed by atoms with Crippen molar-refractivity contribution >= 4 is 34.0 Å². The van der Waals surface area contributed by atoms with Crippen molar-refractivity contribution in [1.29, 1.82) is 0 Å². The minimum atomic E-state index is -0.0627. The average molecular weight is 650 g/mol. The second-order valence-electron chi connectivity index (χ2n) is 12.5. The Morgan fingerprint density at radius 3 is 2.06 bits per heavy atom. The molecule has 6 aromatic rings. The lowest BCUT2D eigenvalue weighted by molar-refractivity contribution is 0.0999. The molecule has 0 unspecified atom stereocenters. The van der Waals surface area contributed by atoms with Crippen LogP contribution >= 0.6 is 0 Å². The SMILES string of the molecule is CCc1ccc(C(=O)N(c2ccccc2)c2ccc(OCCN3CCN(c4cccc5[nH]c(-c6ccc(CC)cc6)nc45)CC3)cc2)cc1. The summed E-state index contributed by atoms with van der Waals surface area (Å²) in [4.78, 5) is 28.9. The van der Waals surface area contributed by atoms with Crippen LogP contribution in [0.4, 0.5) is 17.1 Å². The Morgan fingerprint density at radius 1 is 0.735 bits per heavy atom. The number of fused-ring (bicyclic) bond motifs is 1. The number of aromatic amines is 1. The minimum Gasteiger partial charge on any atom is -0.492 e. The van der Waals surface area contributed by atoms with Crippen molar-refractivity contribution in [2.75, 3.05) is 49.1 Å². The summed E-state index contributed by atoms with van der Waals surface area (Å²) in [5.74, 6) is 1.64. The van der Waals surface area contributed by atoms with Crippen LogP contribution in [0, 0.1) is 0 Å². The molecule has 7 nitrogen and oxygen atoms in total. The maximum atomic E-state index is 13.7. The summed E-state index contributed by atoms with van der Waals surface area (Å²) in [6.45, 7) is 9.53. The van der Waals surface area contributed by atoms with E-state index in [0.717, 1.165) is 85.1 Å². The van der Waals surface area contributed by atoms with Crippen molar-refractivity contribution in [2.24, 2.45) is 0 Å². The van der Waals surface area contributed by atoms with Gasteiger partial charge in [-0.2, -0.15) is 0 Å². The fraction of sp³-hybridized carbons (Fsp3) is 0.238. The number of benzene rings is 5. The number of carbonyl (C=O) groups is 1. The molecule has 0 atom stereocenters. The van der Waals surface area contributed by atoms with E-state index < -0.39 is 0 Å². The maximum Gasteiger partial charge on any atom is 0.262 e. The average Bonchev–Trinajstić information content (AvgIpc) is 3.61. The summed E-state index contributed by atoms with van der Waals surface area (Å²) in [5, 5.41) is 0. The molecule has 1 aromatic heterocycles. The number of amides is 1. The summed E-state index contributed by atoms with van der Waals surface area (Å²) in [6.07, 6.45) is 1.97. The largest absolute Gasteiger partial charge is 0.492 e. The molecular formula is C42H43N5O2. The first-order valence-electron chi connectivity index (χ1n) is 17.4. The zero-order valence-electron chi connectivity index (χ0n) is 28.3. The number of H-pyrrole nitrogens is 1. The number of hydrogen-bond acceptors (Lipinski definition) is 5. The Morgan fingerprint density at radius 2 is 1.39 bits per heavy atom. The van der Waals surface area contributed by atoms with Gasteiger partial charge in [0.2, 0.25) is 0 Å². The molecule has 49 heavy (non-hydrogen) atoms. The Kier molecular flexibility index (Phi) is 9.71. The van der Waals surface area contributed by atoms with Gasteiger partial charge < -0.3 is 14.6 Å². The van der Waals surface area contributed by atoms with Gasteiger partial charge in [0.15, 0.2) is 0 Å². The number of anilines is 3. The highest BCUT2D eigenvalue weighted by atomic mass is 16.5. The normalized spacial score (nSPS) is 13.5. The van der Waals surface area contributed by atoms with Crippen LogP contribution in [0.3, 0.4) is 0 Å². The molecule has 1 fully saturated rings. The number of ether oxygens (including phenoxy) is 1. The van der Waals surface area contributed by atoms with Gasteiger partial charge in [0.05, 0.1) is 11.2 Å². The van der Waals surface area contributed by atoms with Crippen LogP contribution in [0.5, 0.6) is 5.75 Å². The number of nitrogens with one attached hydrogen (secondary N) is 1. The van der Waals surface area contributed by atoms with Crippen molar-refractivity contribution in [3.63, 3.8) is 0 Å². The summed E-state index contributed by atoms with van der Waals surface area (Å²) in [6, 6.07) is 40.5. The number of aryl methyl sites for hydroxylation is 2. The summed E-state index contributed by atoms with van der Waals surface area (Å²) in [5.41, 5.74) is 9.20. The zero-order chi connectivity index (χ0) is 33.6. The van der Waals surface area contributed by atoms with Crippen molar-refractivity contribution in [3.8, 4) is 17.1 Å². The third-order valence-corrected chi connectivity index (χ3v) is 9.44. The predicted octanol–water partition coefficient (Wildman–Crippen LogP) is 8.53. The third kappa shape index (κ3) is 7.22. The van der Waals surface area contributed by atoms with Gasteiger partial charge in [0.1, 0.15) is 23.7 Å². The van der Waals surface area contributed by atoms with Gasteiger partial charge in [0.25, 0.3) is 5.91 Å². The quantitative estimate of drug-likeness (QED) is 0.152.